The average Bonchev–Trinajstić information content (AvgIpc) is 2.55. The molecule has 0 aliphatic rings. The maximum atomic E-state index is 11.9. The van der Waals surface area contributed by atoms with Crippen molar-refractivity contribution in [2.24, 2.45) is 0 Å². The molecule has 2 atom stereocenters. The molecule has 3 N–H and O–H groups in total. The number of halogens is 3. The van der Waals surface area contributed by atoms with Crippen LogP contribution >= 0.6 is 0 Å². The molecular formula is C20H29F3O4. The quantitative estimate of drug-likeness (QED) is 0.228. The van der Waals surface area contributed by atoms with Crippen molar-refractivity contribution >= 4 is 5.97 Å². The van der Waals surface area contributed by atoms with E-state index in [4.69, 9.17) is 5.11 Å². The molecule has 154 valence electrons. The molecule has 0 aliphatic heterocycles. The maximum absolute atomic E-state index is 11.9. The molecule has 0 amide bonds. The van der Waals surface area contributed by atoms with E-state index in [0.717, 1.165) is 0 Å². The first kappa shape index (κ1) is 25.1. The summed E-state index contributed by atoms with van der Waals surface area (Å²) in [5.74, 6) is -0.883. The van der Waals surface area contributed by atoms with E-state index in [1.165, 1.54) is 0 Å². The molecule has 0 aliphatic carbocycles. The Labute approximate surface area is 158 Å². The van der Waals surface area contributed by atoms with E-state index in [1.807, 2.05) is 0 Å². The molecule has 0 aromatic heterocycles. The Morgan fingerprint density at radius 3 is 2.11 bits per heavy atom. The third kappa shape index (κ3) is 20.3. The molecule has 27 heavy (non-hydrogen) atoms. The van der Waals surface area contributed by atoms with Crippen LogP contribution in [0.1, 0.15) is 51.4 Å². The monoisotopic (exact) mass is 390 g/mol. The molecule has 7 heteroatoms. The van der Waals surface area contributed by atoms with Crippen molar-refractivity contribution in [2.45, 2.75) is 69.8 Å². The lowest BCUT2D eigenvalue weighted by atomic mass is 10.1. The molecule has 0 radical (unpaired) electrons. The summed E-state index contributed by atoms with van der Waals surface area (Å²) in [4.78, 5) is 10.3. The summed E-state index contributed by atoms with van der Waals surface area (Å²) in [6, 6.07) is 0. The lowest BCUT2D eigenvalue weighted by molar-refractivity contribution is -0.137. The second-order valence-corrected chi connectivity index (χ2v) is 6.14. The number of allylic oxidation sites excluding steroid dienone is 5. The van der Waals surface area contributed by atoms with Crippen LogP contribution < -0.4 is 0 Å². The molecule has 4 nitrogen and oxygen atoms in total. The number of carboxylic acid groups (broad SMARTS) is 1. The average molecular weight is 390 g/mol. The number of alkyl halides is 3. The number of aliphatic carboxylic acids is 1. The Hall–Kier alpha value is -1.86. The fourth-order valence-electron chi connectivity index (χ4n) is 2.09. The summed E-state index contributed by atoms with van der Waals surface area (Å²) in [6.07, 6.45) is 9.48. The predicted molar refractivity (Wildman–Crippen MR) is 99.2 cm³/mol. The van der Waals surface area contributed by atoms with Crippen molar-refractivity contribution in [3.05, 3.63) is 48.6 Å². The maximum Gasteiger partial charge on any atom is 0.389 e. The fraction of sp³-hybridized carbons (Fsp3) is 0.550. The molecule has 0 saturated heterocycles. The number of hydrogen-bond acceptors (Lipinski definition) is 3. The molecule has 0 saturated carbocycles. The lowest BCUT2D eigenvalue weighted by Crippen LogP contribution is -2.05. The van der Waals surface area contributed by atoms with E-state index in [1.54, 1.807) is 48.6 Å². The van der Waals surface area contributed by atoms with Gasteiger partial charge in [-0.15, -0.1) is 0 Å². The highest BCUT2D eigenvalue weighted by Gasteiger charge is 2.25. The summed E-state index contributed by atoms with van der Waals surface area (Å²) in [5.41, 5.74) is 0. The molecule has 0 rings (SSSR count). The predicted octanol–water partition coefficient (Wildman–Crippen LogP) is 4.70. The molecule has 0 bridgehead atoms. The summed E-state index contributed by atoms with van der Waals surface area (Å²) >= 11 is 0. The fourth-order valence-corrected chi connectivity index (χ4v) is 2.09. The minimum absolute atomic E-state index is 0.0311. The van der Waals surface area contributed by atoms with Gasteiger partial charge in [0.1, 0.15) is 0 Å². The highest BCUT2D eigenvalue weighted by atomic mass is 19.4. The summed E-state index contributed by atoms with van der Waals surface area (Å²) < 4.78 is 35.8. The molecule has 0 heterocycles. The molecule has 0 aromatic rings. The highest BCUT2D eigenvalue weighted by molar-refractivity contribution is 5.66. The van der Waals surface area contributed by atoms with Crippen LogP contribution in [-0.2, 0) is 4.79 Å². The van der Waals surface area contributed by atoms with Crippen LogP contribution in [0.3, 0.4) is 0 Å². The van der Waals surface area contributed by atoms with Crippen molar-refractivity contribution in [3.63, 3.8) is 0 Å². The van der Waals surface area contributed by atoms with E-state index in [9.17, 15) is 28.2 Å². The Morgan fingerprint density at radius 2 is 1.52 bits per heavy atom. The van der Waals surface area contributed by atoms with Crippen LogP contribution in [0, 0.1) is 0 Å². The largest absolute Gasteiger partial charge is 0.481 e. The molecular weight excluding hydrogens is 361 g/mol. The Kier molecular flexibility index (Phi) is 14.2. The zero-order valence-electron chi connectivity index (χ0n) is 15.3. The van der Waals surface area contributed by atoms with E-state index in [-0.39, 0.29) is 12.8 Å². The van der Waals surface area contributed by atoms with Gasteiger partial charge in [-0.05, 0) is 38.5 Å². The van der Waals surface area contributed by atoms with Gasteiger partial charge in [0.05, 0.1) is 12.2 Å². The molecule has 0 aromatic carbocycles. The van der Waals surface area contributed by atoms with Crippen LogP contribution in [0.2, 0.25) is 0 Å². The van der Waals surface area contributed by atoms with Gasteiger partial charge in [0.2, 0.25) is 0 Å². The van der Waals surface area contributed by atoms with Crippen LogP contribution in [0.4, 0.5) is 13.2 Å². The van der Waals surface area contributed by atoms with Gasteiger partial charge in [-0.2, -0.15) is 13.2 Å². The van der Waals surface area contributed by atoms with Gasteiger partial charge < -0.3 is 15.3 Å². The Bertz CT molecular complexity index is 508. The van der Waals surface area contributed by atoms with Crippen LogP contribution in [0.25, 0.3) is 0 Å². The first-order chi connectivity index (χ1) is 12.7. The Morgan fingerprint density at radius 1 is 0.889 bits per heavy atom. The number of aliphatic hydroxyl groups is 2. The minimum Gasteiger partial charge on any atom is -0.481 e. The van der Waals surface area contributed by atoms with Gasteiger partial charge in [-0.25, -0.2) is 0 Å². The second kappa shape index (κ2) is 15.2. The van der Waals surface area contributed by atoms with Gasteiger partial charge in [0, 0.05) is 12.8 Å². The third-order valence-corrected chi connectivity index (χ3v) is 3.52. The Balaban J connectivity index is 3.82. The molecule has 0 spiro atoms. The van der Waals surface area contributed by atoms with Crippen molar-refractivity contribution in [1.82, 2.24) is 0 Å². The standard InChI is InChI=1S/C20H29F3O4/c21-20(22,23)16-9-5-1-2-6-11-17(24)12-7-3-4-8-13-18(25)14-10-15-19(26)27/h2-4,6-8,12-13,17-18,24-25H,1,5,9-11,14-16H2,(H,26,27)/b4-3+,6-2-,12-7+,13-8-/t17-,18-/m0/s1. The van der Waals surface area contributed by atoms with E-state index < -0.39 is 30.8 Å². The van der Waals surface area contributed by atoms with Crippen molar-refractivity contribution in [3.8, 4) is 0 Å². The van der Waals surface area contributed by atoms with E-state index >= 15 is 0 Å². The summed E-state index contributed by atoms with van der Waals surface area (Å²) in [5, 5.41) is 27.8. The van der Waals surface area contributed by atoms with Gasteiger partial charge in [0.15, 0.2) is 0 Å². The molecule has 0 unspecified atom stereocenters. The summed E-state index contributed by atoms with van der Waals surface area (Å²) in [7, 11) is 0. The summed E-state index contributed by atoms with van der Waals surface area (Å²) in [6.45, 7) is 0. The van der Waals surface area contributed by atoms with Crippen molar-refractivity contribution in [1.29, 1.82) is 0 Å². The van der Waals surface area contributed by atoms with E-state index in [2.05, 4.69) is 0 Å². The second-order valence-electron chi connectivity index (χ2n) is 6.14. The van der Waals surface area contributed by atoms with Gasteiger partial charge in [-0.3, -0.25) is 4.79 Å². The lowest BCUT2D eigenvalue weighted by Gasteiger charge is -2.04. The first-order valence-corrected chi connectivity index (χ1v) is 9.02. The van der Waals surface area contributed by atoms with E-state index in [0.29, 0.717) is 32.1 Å². The van der Waals surface area contributed by atoms with Crippen molar-refractivity contribution < 1.29 is 33.3 Å². The van der Waals surface area contributed by atoms with Crippen LogP contribution in [0.5, 0.6) is 0 Å². The minimum atomic E-state index is -4.09. The van der Waals surface area contributed by atoms with Crippen molar-refractivity contribution in [2.75, 3.05) is 0 Å². The van der Waals surface area contributed by atoms with Crippen LogP contribution in [0.15, 0.2) is 48.6 Å². The number of carbonyl (C=O) groups is 1. The van der Waals surface area contributed by atoms with Gasteiger partial charge in [-0.1, -0.05) is 48.6 Å². The first-order valence-electron chi connectivity index (χ1n) is 9.02. The number of unbranched alkanes of at least 4 members (excludes halogenated alkanes) is 2. The number of carboxylic acids is 1. The zero-order chi connectivity index (χ0) is 20.5. The van der Waals surface area contributed by atoms with Crippen LogP contribution in [-0.4, -0.2) is 39.7 Å². The van der Waals surface area contributed by atoms with Gasteiger partial charge in [0.25, 0.3) is 0 Å². The number of rotatable bonds is 14. The number of aliphatic hydroxyl groups excluding tert-OH is 2. The zero-order valence-corrected chi connectivity index (χ0v) is 15.3. The van der Waals surface area contributed by atoms with Gasteiger partial charge >= 0.3 is 12.1 Å². The highest BCUT2D eigenvalue weighted by Crippen LogP contribution is 2.22. The SMILES string of the molecule is O=C(O)CCC[C@@H](O)\C=C/C=C/C=C/[C@@H](O)C/C=C\CCCCC(F)(F)F. The number of hydrogen-bond donors (Lipinski definition) is 3. The topological polar surface area (TPSA) is 77.8 Å². The third-order valence-electron chi connectivity index (χ3n) is 3.52. The normalized spacial score (nSPS) is 15.4. The molecule has 0 fully saturated rings. The smallest absolute Gasteiger partial charge is 0.389 e.